The first-order chi connectivity index (χ1) is 8.88. The molecule has 0 aliphatic carbocycles. The zero-order chi connectivity index (χ0) is 12.6. The SMILES string of the molecule is O=COCCN1CCC(Nc2ccncc2)CC1. The maximum atomic E-state index is 10.0. The van der Waals surface area contributed by atoms with Crippen molar-refractivity contribution < 1.29 is 9.53 Å². The number of anilines is 1. The molecule has 0 saturated carbocycles. The Morgan fingerprint density at radius 1 is 1.39 bits per heavy atom. The lowest BCUT2D eigenvalue weighted by molar-refractivity contribution is -0.129. The van der Waals surface area contributed by atoms with Gasteiger partial charge in [0.05, 0.1) is 0 Å². The van der Waals surface area contributed by atoms with E-state index < -0.39 is 0 Å². The Balaban J connectivity index is 1.68. The summed E-state index contributed by atoms with van der Waals surface area (Å²) < 4.78 is 4.71. The number of likely N-dealkylation sites (tertiary alicyclic amines) is 1. The second kappa shape index (κ2) is 6.96. The van der Waals surface area contributed by atoms with Gasteiger partial charge in [0.25, 0.3) is 6.47 Å². The van der Waals surface area contributed by atoms with E-state index in [0.717, 1.165) is 38.2 Å². The number of aromatic nitrogens is 1. The van der Waals surface area contributed by atoms with E-state index in [4.69, 9.17) is 4.74 Å². The Hall–Kier alpha value is -1.62. The number of ether oxygens (including phenoxy) is 1. The molecule has 1 aromatic rings. The molecule has 0 radical (unpaired) electrons. The van der Waals surface area contributed by atoms with Gasteiger partial charge in [-0.25, -0.2) is 0 Å². The van der Waals surface area contributed by atoms with Crippen molar-refractivity contribution in [2.24, 2.45) is 0 Å². The number of rotatable bonds is 6. The molecule has 0 amide bonds. The molecule has 1 aliphatic rings. The van der Waals surface area contributed by atoms with Gasteiger partial charge in [-0.2, -0.15) is 0 Å². The fourth-order valence-corrected chi connectivity index (χ4v) is 2.21. The Labute approximate surface area is 107 Å². The van der Waals surface area contributed by atoms with E-state index in [2.05, 4.69) is 15.2 Å². The fraction of sp³-hybridized carbons (Fsp3) is 0.538. The van der Waals surface area contributed by atoms with Crippen LogP contribution in [0.2, 0.25) is 0 Å². The minimum Gasteiger partial charge on any atom is -0.467 e. The molecule has 1 fully saturated rings. The highest BCUT2D eigenvalue weighted by atomic mass is 16.5. The largest absolute Gasteiger partial charge is 0.467 e. The highest BCUT2D eigenvalue weighted by Gasteiger charge is 2.18. The van der Waals surface area contributed by atoms with E-state index in [0.29, 0.717) is 19.1 Å². The Bertz CT molecular complexity index is 351. The lowest BCUT2D eigenvalue weighted by Crippen LogP contribution is -2.40. The van der Waals surface area contributed by atoms with Crippen molar-refractivity contribution in [3.05, 3.63) is 24.5 Å². The second-order valence-electron chi connectivity index (χ2n) is 4.46. The molecule has 98 valence electrons. The van der Waals surface area contributed by atoms with Gasteiger partial charge in [-0.1, -0.05) is 0 Å². The van der Waals surface area contributed by atoms with E-state index in [1.165, 1.54) is 0 Å². The molecule has 2 rings (SSSR count). The lowest BCUT2D eigenvalue weighted by atomic mass is 10.0. The van der Waals surface area contributed by atoms with E-state index in [-0.39, 0.29) is 0 Å². The van der Waals surface area contributed by atoms with Crippen LogP contribution in [0.3, 0.4) is 0 Å². The summed E-state index contributed by atoms with van der Waals surface area (Å²) in [6, 6.07) is 4.50. The summed E-state index contributed by atoms with van der Waals surface area (Å²) in [6.07, 6.45) is 5.83. The van der Waals surface area contributed by atoms with Gasteiger partial charge in [-0.15, -0.1) is 0 Å². The number of hydrogen-bond donors (Lipinski definition) is 1. The lowest BCUT2D eigenvalue weighted by Gasteiger charge is -2.32. The minimum atomic E-state index is 0.492. The van der Waals surface area contributed by atoms with Crippen LogP contribution in [0.5, 0.6) is 0 Å². The third-order valence-corrected chi connectivity index (χ3v) is 3.23. The summed E-state index contributed by atoms with van der Waals surface area (Å²) in [6.45, 7) is 3.93. The van der Waals surface area contributed by atoms with Gasteiger partial charge in [0.2, 0.25) is 0 Å². The van der Waals surface area contributed by atoms with Gasteiger partial charge in [-0.3, -0.25) is 14.7 Å². The van der Waals surface area contributed by atoms with Gasteiger partial charge in [0, 0.05) is 43.8 Å². The Morgan fingerprint density at radius 3 is 2.78 bits per heavy atom. The smallest absolute Gasteiger partial charge is 0.293 e. The van der Waals surface area contributed by atoms with Crippen LogP contribution >= 0.6 is 0 Å². The molecular formula is C13H19N3O2. The normalized spacial score (nSPS) is 17.3. The predicted octanol–water partition coefficient (Wildman–Crippen LogP) is 1.13. The van der Waals surface area contributed by atoms with Gasteiger partial charge in [-0.05, 0) is 25.0 Å². The van der Waals surface area contributed by atoms with Gasteiger partial charge >= 0.3 is 0 Å². The summed E-state index contributed by atoms with van der Waals surface area (Å²) in [7, 11) is 0. The quantitative estimate of drug-likeness (QED) is 0.605. The van der Waals surface area contributed by atoms with Crippen molar-refractivity contribution in [3.8, 4) is 0 Å². The zero-order valence-electron chi connectivity index (χ0n) is 10.4. The monoisotopic (exact) mass is 249 g/mol. The van der Waals surface area contributed by atoms with Crippen LogP contribution in [0.1, 0.15) is 12.8 Å². The molecule has 18 heavy (non-hydrogen) atoms. The molecular weight excluding hydrogens is 230 g/mol. The van der Waals surface area contributed by atoms with Crippen molar-refractivity contribution in [2.45, 2.75) is 18.9 Å². The van der Waals surface area contributed by atoms with Crippen molar-refractivity contribution in [3.63, 3.8) is 0 Å². The molecule has 1 aliphatic heterocycles. The van der Waals surface area contributed by atoms with Gasteiger partial charge < -0.3 is 10.1 Å². The summed E-state index contributed by atoms with van der Waals surface area (Å²) in [5.41, 5.74) is 1.13. The van der Waals surface area contributed by atoms with E-state index >= 15 is 0 Å². The van der Waals surface area contributed by atoms with E-state index in [1.54, 1.807) is 12.4 Å². The van der Waals surface area contributed by atoms with Gasteiger partial charge in [0.1, 0.15) is 6.61 Å². The van der Waals surface area contributed by atoms with Crippen molar-refractivity contribution >= 4 is 12.2 Å². The third kappa shape index (κ3) is 4.00. The van der Waals surface area contributed by atoms with Crippen molar-refractivity contribution in [2.75, 3.05) is 31.6 Å². The van der Waals surface area contributed by atoms with Crippen molar-refractivity contribution in [1.29, 1.82) is 0 Å². The summed E-state index contributed by atoms with van der Waals surface area (Å²) in [5, 5.41) is 3.51. The van der Waals surface area contributed by atoms with E-state index in [9.17, 15) is 4.79 Å². The third-order valence-electron chi connectivity index (χ3n) is 3.23. The van der Waals surface area contributed by atoms with Crippen LogP contribution in [0.25, 0.3) is 0 Å². The highest BCUT2D eigenvalue weighted by Crippen LogP contribution is 2.15. The molecule has 5 nitrogen and oxygen atoms in total. The zero-order valence-corrected chi connectivity index (χ0v) is 10.4. The maximum absolute atomic E-state index is 10.0. The molecule has 0 bridgehead atoms. The first-order valence-corrected chi connectivity index (χ1v) is 6.32. The topological polar surface area (TPSA) is 54.5 Å². The molecule has 0 unspecified atom stereocenters. The molecule has 0 spiro atoms. The van der Waals surface area contributed by atoms with Crippen LogP contribution in [0.4, 0.5) is 5.69 Å². The van der Waals surface area contributed by atoms with Crippen LogP contribution < -0.4 is 5.32 Å². The summed E-state index contributed by atoms with van der Waals surface area (Å²) in [4.78, 5) is 16.4. The highest BCUT2D eigenvalue weighted by molar-refractivity contribution is 5.41. The first kappa shape index (κ1) is 12.8. The van der Waals surface area contributed by atoms with Crippen LogP contribution in [-0.2, 0) is 9.53 Å². The average Bonchev–Trinajstić information content (AvgIpc) is 2.42. The number of nitrogens with zero attached hydrogens (tertiary/aromatic N) is 2. The molecule has 1 saturated heterocycles. The van der Waals surface area contributed by atoms with Crippen molar-refractivity contribution in [1.82, 2.24) is 9.88 Å². The molecule has 0 aromatic carbocycles. The first-order valence-electron chi connectivity index (χ1n) is 6.32. The maximum Gasteiger partial charge on any atom is 0.293 e. The second-order valence-corrected chi connectivity index (χ2v) is 4.46. The average molecular weight is 249 g/mol. The molecule has 0 atom stereocenters. The number of piperidine rings is 1. The van der Waals surface area contributed by atoms with Gasteiger partial charge in [0.15, 0.2) is 0 Å². The molecule has 5 heteroatoms. The van der Waals surface area contributed by atoms with E-state index in [1.807, 2.05) is 12.1 Å². The minimum absolute atomic E-state index is 0.492. The standard InChI is InChI=1S/C13H19N3O2/c17-11-18-10-9-16-7-3-13(4-8-16)15-12-1-5-14-6-2-12/h1-2,5-6,11,13H,3-4,7-10H2,(H,14,15). The number of pyridine rings is 1. The number of nitrogens with one attached hydrogen (secondary N) is 1. The number of carbonyl (C=O) groups excluding carboxylic acids is 1. The molecule has 1 N–H and O–H groups in total. The number of carbonyl (C=O) groups is 1. The van der Waals surface area contributed by atoms with Crippen LogP contribution in [-0.4, -0.2) is 48.6 Å². The van der Waals surface area contributed by atoms with Crippen LogP contribution in [0.15, 0.2) is 24.5 Å². The molecule has 1 aromatic heterocycles. The summed E-state index contributed by atoms with van der Waals surface area (Å²) in [5.74, 6) is 0. The molecule has 2 heterocycles. The van der Waals surface area contributed by atoms with Crippen LogP contribution in [0, 0.1) is 0 Å². The Morgan fingerprint density at radius 2 is 2.11 bits per heavy atom. The summed E-state index contributed by atoms with van der Waals surface area (Å²) >= 11 is 0. The fourth-order valence-electron chi connectivity index (χ4n) is 2.21. The number of hydrogen-bond acceptors (Lipinski definition) is 5. The predicted molar refractivity (Wildman–Crippen MR) is 69.3 cm³/mol. The Kier molecular flexibility index (Phi) is 4.96.